The van der Waals surface area contributed by atoms with Crippen LogP contribution in [0.2, 0.25) is 0 Å². The number of benzene rings is 1. The summed E-state index contributed by atoms with van der Waals surface area (Å²) in [5.41, 5.74) is 5.34. The van der Waals surface area contributed by atoms with Crippen molar-refractivity contribution in [1.29, 1.82) is 15.8 Å². The molecule has 0 radical (unpaired) electrons. The second-order valence-electron chi connectivity index (χ2n) is 5.86. The summed E-state index contributed by atoms with van der Waals surface area (Å²) >= 11 is 0. The van der Waals surface area contributed by atoms with Crippen molar-refractivity contribution >= 4 is 0 Å². The van der Waals surface area contributed by atoms with Gasteiger partial charge in [0.25, 0.3) is 0 Å². The van der Waals surface area contributed by atoms with Crippen molar-refractivity contribution in [2.45, 2.75) is 5.92 Å². The molecule has 0 saturated carbocycles. The summed E-state index contributed by atoms with van der Waals surface area (Å²) in [6, 6.07) is 12.1. The van der Waals surface area contributed by atoms with Gasteiger partial charge < -0.3 is 11.1 Å². The summed E-state index contributed by atoms with van der Waals surface area (Å²) < 4.78 is 14.5. The molecular weight excluding hydrogens is 305 g/mol. The zero-order chi connectivity index (χ0) is 17.3. The number of hydrogen-bond donors (Lipinski definition) is 2. The molecule has 2 aliphatic rings. The van der Waals surface area contributed by atoms with Crippen LogP contribution in [0.25, 0.3) is 0 Å². The Bertz CT molecular complexity index is 864. The topological polar surface area (TPSA) is 109 Å². The summed E-state index contributed by atoms with van der Waals surface area (Å²) in [7, 11) is 0. The third kappa shape index (κ3) is 2.00. The van der Waals surface area contributed by atoms with E-state index in [1.54, 1.807) is 18.2 Å². The molecule has 1 aliphatic carbocycles. The van der Waals surface area contributed by atoms with Crippen LogP contribution in [0.1, 0.15) is 11.5 Å². The molecule has 5 nitrogen and oxygen atoms in total. The molecule has 3 rings (SSSR count). The van der Waals surface area contributed by atoms with E-state index < -0.39 is 17.2 Å². The van der Waals surface area contributed by atoms with E-state index in [4.69, 9.17) is 5.73 Å². The fraction of sp³-hybridized carbons (Fsp3) is 0.278. The molecule has 0 aromatic heterocycles. The van der Waals surface area contributed by atoms with Gasteiger partial charge in [0.2, 0.25) is 0 Å². The minimum atomic E-state index is -1.78. The maximum Gasteiger partial charge on any atom is 0.191 e. The third-order valence-electron chi connectivity index (χ3n) is 4.79. The lowest BCUT2D eigenvalue weighted by Gasteiger charge is -2.43. The highest BCUT2D eigenvalue weighted by atomic mass is 19.1. The monoisotopic (exact) mass is 319 g/mol. The molecule has 6 heteroatoms. The first-order valence-electron chi connectivity index (χ1n) is 7.49. The van der Waals surface area contributed by atoms with E-state index in [0.717, 1.165) is 0 Å². The molecule has 0 spiro atoms. The third-order valence-corrected chi connectivity index (χ3v) is 4.79. The normalized spacial score (nSPS) is 24.8. The van der Waals surface area contributed by atoms with Crippen molar-refractivity contribution in [3.05, 3.63) is 58.6 Å². The van der Waals surface area contributed by atoms with E-state index in [-0.39, 0.29) is 22.8 Å². The van der Waals surface area contributed by atoms with Crippen LogP contribution < -0.4 is 11.1 Å². The van der Waals surface area contributed by atoms with Gasteiger partial charge in [0.15, 0.2) is 5.41 Å². The Kier molecular flexibility index (Phi) is 3.81. The second-order valence-corrected chi connectivity index (χ2v) is 5.86. The SMILES string of the molecule is N#CC1=C(N)C(C#N)(C#N)[C@H](c2ccccc2F)[C@H]2CNCC=C12. The van der Waals surface area contributed by atoms with Crippen molar-refractivity contribution in [3.8, 4) is 18.2 Å². The van der Waals surface area contributed by atoms with Gasteiger partial charge in [-0.2, -0.15) is 15.8 Å². The summed E-state index contributed by atoms with van der Waals surface area (Å²) in [5.74, 6) is -1.66. The highest BCUT2D eigenvalue weighted by molar-refractivity contribution is 5.59. The number of nitrogens with zero attached hydrogens (tertiary/aromatic N) is 3. The zero-order valence-electron chi connectivity index (χ0n) is 12.8. The van der Waals surface area contributed by atoms with Crippen LogP contribution in [0, 0.1) is 51.1 Å². The molecular formula is C18H14FN5. The van der Waals surface area contributed by atoms with E-state index in [1.807, 2.05) is 24.3 Å². The fourth-order valence-corrected chi connectivity index (χ4v) is 3.68. The molecule has 3 N–H and O–H groups in total. The first-order chi connectivity index (χ1) is 11.6. The lowest BCUT2D eigenvalue weighted by atomic mass is 9.58. The molecule has 0 unspecified atom stereocenters. The van der Waals surface area contributed by atoms with E-state index >= 15 is 0 Å². The first-order valence-corrected chi connectivity index (χ1v) is 7.49. The first kappa shape index (κ1) is 15.7. The summed E-state index contributed by atoms with van der Waals surface area (Å²) in [6.07, 6.45) is 1.83. The van der Waals surface area contributed by atoms with Crippen molar-refractivity contribution in [3.63, 3.8) is 0 Å². The number of fused-ring (bicyclic) bond motifs is 1. The van der Waals surface area contributed by atoms with Crippen molar-refractivity contribution in [2.75, 3.05) is 13.1 Å². The second kappa shape index (κ2) is 5.81. The van der Waals surface area contributed by atoms with Crippen molar-refractivity contribution < 1.29 is 4.39 Å². The van der Waals surface area contributed by atoms with Gasteiger partial charge in [0.1, 0.15) is 11.9 Å². The summed E-state index contributed by atoms with van der Waals surface area (Å²) in [5, 5.41) is 32.2. The molecule has 1 heterocycles. The molecule has 0 fully saturated rings. The number of halogens is 1. The van der Waals surface area contributed by atoms with Crippen LogP contribution in [-0.2, 0) is 0 Å². The van der Waals surface area contributed by atoms with Crippen molar-refractivity contribution in [1.82, 2.24) is 5.32 Å². The lowest BCUT2D eigenvalue weighted by molar-refractivity contribution is 0.320. The molecule has 0 amide bonds. The average molecular weight is 319 g/mol. The van der Waals surface area contributed by atoms with Gasteiger partial charge in [-0.1, -0.05) is 24.3 Å². The van der Waals surface area contributed by atoms with Gasteiger partial charge in [0.05, 0.1) is 23.4 Å². The minimum Gasteiger partial charge on any atom is -0.399 e. The number of nitrogens with one attached hydrogen (secondary N) is 1. The highest BCUT2D eigenvalue weighted by Crippen LogP contribution is 2.53. The molecule has 1 aromatic rings. The molecule has 0 bridgehead atoms. The van der Waals surface area contributed by atoms with Crippen LogP contribution in [0.15, 0.2) is 47.2 Å². The van der Waals surface area contributed by atoms with Gasteiger partial charge in [0, 0.05) is 24.9 Å². The molecule has 24 heavy (non-hydrogen) atoms. The number of hydrogen-bond acceptors (Lipinski definition) is 5. The number of nitriles is 3. The smallest absolute Gasteiger partial charge is 0.191 e. The van der Waals surface area contributed by atoms with Gasteiger partial charge >= 0.3 is 0 Å². The Morgan fingerprint density at radius 1 is 1.21 bits per heavy atom. The molecule has 1 aromatic carbocycles. The number of allylic oxidation sites excluding steroid dienone is 2. The zero-order valence-corrected chi connectivity index (χ0v) is 12.8. The van der Waals surface area contributed by atoms with Crippen LogP contribution >= 0.6 is 0 Å². The Morgan fingerprint density at radius 3 is 2.54 bits per heavy atom. The van der Waals surface area contributed by atoms with E-state index in [9.17, 15) is 20.2 Å². The van der Waals surface area contributed by atoms with Gasteiger partial charge in [-0.05, 0) is 17.2 Å². The van der Waals surface area contributed by atoms with Crippen LogP contribution in [0.4, 0.5) is 4.39 Å². The Balaban J connectivity index is 2.37. The highest BCUT2D eigenvalue weighted by Gasteiger charge is 2.54. The predicted molar refractivity (Wildman–Crippen MR) is 84.1 cm³/mol. The van der Waals surface area contributed by atoms with Crippen LogP contribution in [0.5, 0.6) is 0 Å². The largest absolute Gasteiger partial charge is 0.399 e. The minimum absolute atomic E-state index is 0.0901. The van der Waals surface area contributed by atoms with Gasteiger partial charge in [-0.15, -0.1) is 0 Å². The van der Waals surface area contributed by atoms with E-state index in [0.29, 0.717) is 18.7 Å². The van der Waals surface area contributed by atoms with Crippen LogP contribution in [0.3, 0.4) is 0 Å². The quantitative estimate of drug-likeness (QED) is 0.820. The van der Waals surface area contributed by atoms with Gasteiger partial charge in [-0.25, -0.2) is 4.39 Å². The van der Waals surface area contributed by atoms with E-state index in [1.165, 1.54) is 6.07 Å². The van der Waals surface area contributed by atoms with Crippen molar-refractivity contribution in [2.24, 2.45) is 17.1 Å². The van der Waals surface area contributed by atoms with E-state index in [2.05, 4.69) is 5.32 Å². The van der Waals surface area contributed by atoms with Gasteiger partial charge in [-0.3, -0.25) is 0 Å². The lowest BCUT2D eigenvalue weighted by Crippen LogP contribution is -2.47. The Labute approximate surface area is 139 Å². The average Bonchev–Trinajstić information content (AvgIpc) is 2.62. The predicted octanol–water partition coefficient (Wildman–Crippen LogP) is 1.84. The van der Waals surface area contributed by atoms with Crippen LogP contribution in [-0.4, -0.2) is 13.1 Å². The molecule has 2 atom stereocenters. The fourth-order valence-electron chi connectivity index (χ4n) is 3.68. The number of rotatable bonds is 1. The Hall–Kier alpha value is -3.14. The maximum atomic E-state index is 14.5. The molecule has 1 aliphatic heterocycles. The number of nitrogens with two attached hydrogens (primary N) is 1. The maximum absolute atomic E-state index is 14.5. The molecule has 118 valence electrons. The molecule has 0 saturated heterocycles. The summed E-state index contributed by atoms with van der Waals surface area (Å²) in [4.78, 5) is 0. The standard InChI is InChI=1S/C18H14FN5/c19-15-4-2-1-3-12(15)16-14-8-24-6-5-11(14)13(7-20)17(23)18(16,9-21)10-22/h1-5,14,16,24H,6,8,23H2/t14-,16+/m0/s1. The Morgan fingerprint density at radius 2 is 1.92 bits per heavy atom. The summed E-state index contributed by atoms with van der Waals surface area (Å²) in [6.45, 7) is 0.995.